The number of hydrogen-bond acceptors (Lipinski definition) is 1. The molecule has 11 aromatic rings. The van der Waals surface area contributed by atoms with Crippen LogP contribution in [-0.2, 0) is 6.18 Å². The van der Waals surface area contributed by atoms with E-state index in [1.807, 2.05) is 36.4 Å². The zero-order valence-electron chi connectivity index (χ0n) is 35.9. The second-order valence-corrected chi connectivity index (χ2v) is 17.0. The van der Waals surface area contributed by atoms with Crippen molar-refractivity contribution in [2.45, 2.75) is 26.9 Å². The average molecular weight is 848 g/mol. The fourth-order valence-electron chi connectivity index (χ4n) is 9.61. The van der Waals surface area contributed by atoms with Gasteiger partial charge in [-0.1, -0.05) is 126 Å². The monoisotopic (exact) mass is 847 g/mol. The third-order valence-corrected chi connectivity index (χ3v) is 12.9. The third-order valence-electron chi connectivity index (χ3n) is 12.9. The van der Waals surface area contributed by atoms with Gasteiger partial charge in [-0.25, -0.2) is 0 Å². The van der Waals surface area contributed by atoms with Gasteiger partial charge in [0.1, 0.15) is 0 Å². The lowest BCUT2D eigenvalue weighted by atomic mass is 9.92. The molecular weight excluding hydrogens is 808 g/mol. The molecule has 0 fully saturated rings. The van der Waals surface area contributed by atoms with Crippen LogP contribution in [0.25, 0.3) is 99.5 Å². The molecular formula is C59H40F3N3. The summed E-state index contributed by atoms with van der Waals surface area (Å²) in [6.45, 7) is 5.90. The molecule has 0 unspecified atom stereocenters. The van der Waals surface area contributed by atoms with Gasteiger partial charge in [0, 0.05) is 32.7 Å². The van der Waals surface area contributed by atoms with Crippen LogP contribution in [0, 0.1) is 32.1 Å². The summed E-state index contributed by atoms with van der Waals surface area (Å²) in [5.74, 6) is 0. The van der Waals surface area contributed by atoms with Crippen molar-refractivity contribution in [2.24, 2.45) is 0 Å². The first-order chi connectivity index (χ1) is 31.5. The van der Waals surface area contributed by atoms with E-state index in [1.165, 1.54) is 17.2 Å². The van der Waals surface area contributed by atoms with E-state index in [0.717, 1.165) is 100.0 Å². The minimum absolute atomic E-state index is 0.503. The highest BCUT2D eigenvalue weighted by Crippen LogP contribution is 2.44. The van der Waals surface area contributed by atoms with Crippen LogP contribution in [0.1, 0.15) is 27.8 Å². The molecule has 0 saturated heterocycles. The van der Waals surface area contributed by atoms with Gasteiger partial charge in [0.15, 0.2) is 0 Å². The van der Waals surface area contributed by atoms with Crippen LogP contribution >= 0.6 is 0 Å². The Morgan fingerprint density at radius 2 is 0.892 bits per heavy atom. The van der Waals surface area contributed by atoms with Crippen LogP contribution in [0.5, 0.6) is 0 Å². The summed E-state index contributed by atoms with van der Waals surface area (Å²) in [5.41, 5.74) is 16.1. The second kappa shape index (κ2) is 15.3. The number of nitriles is 1. The molecule has 6 heteroatoms. The summed E-state index contributed by atoms with van der Waals surface area (Å²) < 4.78 is 46.4. The molecule has 0 radical (unpaired) electrons. The van der Waals surface area contributed by atoms with Gasteiger partial charge < -0.3 is 9.13 Å². The van der Waals surface area contributed by atoms with Crippen molar-refractivity contribution in [1.82, 2.24) is 9.13 Å². The molecule has 3 nitrogen and oxygen atoms in total. The molecule has 0 amide bonds. The van der Waals surface area contributed by atoms with Crippen molar-refractivity contribution in [1.29, 1.82) is 5.26 Å². The van der Waals surface area contributed by atoms with E-state index in [2.05, 4.69) is 163 Å². The summed E-state index contributed by atoms with van der Waals surface area (Å²) >= 11 is 0. The summed E-state index contributed by atoms with van der Waals surface area (Å²) in [7, 11) is 0. The molecule has 0 spiro atoms. The smallest absolute Gasteiger partial charge is 0.309 e. The number of nitrogens with zero attached hydrogens (tertiary/aromatic N) is 3. The molecule has 0 saturated carbocycles. The van der Waals surface area contributed by atoms with Gasteiger partial charge in [0.2, 0.25) is 0 Å². The van der Waals surface area contributed by atoms with Gasteiger partial charge in [-0.2, -0.15) is 18.4 Å². The number of benzene rings is 9. The van der Waals surface area contributed by atoms with Crippen LogP contribution < -0.4 is 0 Å². The Bertz CT molecular complexity index is 3730. The van der Waals surface area contributed by atoms with Crippen molar-refractivity contribution in [3.05, 3.63) is 216 Å². The largest absolute Gasteiger partial charge is 0.416 e. The van der Waals surface area contributed by atoms with E-state index in [0.29, 0.717) is 16.7 Å². The first-order valence-electron chi connectivity index (χ1n) is 21.6. The Balaban J connectivity index is 1.20. The van der Waals surface area contributed by atoms with Gasteiger partial charge in [-0.15, -0.1) is 0 Å². The predicted octanol–water partition coefficient (Wildman–Crippen LogP) is 16.4. The van der Waals surface area contributed by atoms with Gasteiger partial charge in [-0.3, -0.25) is 0 Å². The molecule has 2 heterocycles. The predicted molar refractivity (Wildman–Crippen MR) is 261 cm³/mol. The molecule has 0 N–H and O–H groups in total. The van der Waals surface area contributed by atoms with Crippen molar-refractivity contribution in [2.75, 3.05) is 0 Å². The lowest BCUT2D eigenvalue weighted by molar-refractivity contribution is -0.137. The fourth-order valence-corrected chi connectivity index (χ4v) is 9.61. The highest BCUT2D eigenvalue weighted by molar-refractivity contribution is 6.13. The van der Waals surface area contributed by atoms with E-state index >= 15 is 0 Å². The number of halogens is 3. The minimum Gasteiger partial charge on any atom is -0.309 e. The topological polar surface area (TPSA) is 33.6 Å². The molecule has 0 aliphatic rings. The maximum atomic E-state index is 13.9. The SMILES string of the molecule is Cc1ccc(-c2ccc3c(c2)c2ccccc2n3-c2ccc(-c3ccc(C(F)(F)F)cc3C)cc2-c2ccc(C#N)cc2-n2c3ccccc3c3cc(-c4ccc(C)cc4)ccc32)cc1. The highest BCUT2D eigenvalue weighted by atomic mass is 19.4. The molecule has 0 atom stereocenters. The Kier molecular flexibility index (Phi) is 9.34. The van der Waals surface area contributed by atoms with E-state index in [4.69, 9.17) is 0 Å². The average Bonchev–Trinajstić information content (AvgIpc) is 3.83. The van der Waals surface area contributed by atoms with Gasteiger partial charge in [0.05, 0.1) is 50.6 Å². The normalized spacial score (nSPS) is 11.8. The zero-order valence-corrected chi connectivity index (χ0v) is 35.9. The van der Waals surface area contributed by atoms with E-state index in [9.17, 15) is 18.4 Å². The molecule has 0 bridgehead atoms. The first kappa shape index (κ1) is 39.7. The van der Waals surface area contributed by atoms with Crippen LogP contribution in [0.3, 0.4) is 0 Å². The van der Waals surface area contributed by atoms with Crippen LogP contribution in [-0.4, -0.2) is 9.13 Å². The van der Waals surface area contributed by atoms with Crippen molar-refractivity contribution in [3.63, 3.8) is 0 Å². The third kappa shape index (κ3) is 6.76. The minimum atomic E-state index is -4.46. The molecule has 9 aromatic carbocycles. The van der Waals surface area contributed by atoms with Crippen LogP contribution in [0.4, 0.5) is 13.2 Å². The maximum absolute atomic E-state index is 13.9. The standard InChI is InChI=1S/C59H40F3N3/c1-36-12-17-40(18-13-36)42-21-27-55-50(32-42)47-8-4-6-10-53(47)64(55)56-29-23-44(46-26-24-45(30-38(46)3)59(60,61)62)34-52(56)49-25-16-39(35-63)31-58(49)65-54-11-7-5-9-48(54)51-33-43(22-28-57(51)65)41-19-14-37(2)15-20-41/h4-34H,1-3H3. The van der Waals surface area contributed by atoms with Crippen molar-refractivity contribution >= 4 is 43.6 Å². The molecule has 11 rings (SSSR count). The Labute approximate surface area is 374 Å². The quantitative estimate of drug-likeness (QED) is 0.164. The van der Waals surface area contributed by atoms with Gasteiger partial charge in [-0.05, 0) is 133 Å². The molecule has 0 aliphatic carbocycles. The Morgan fingerprint density at radius 1 is 0.400 bits per heavy atom. The van der Waals surface area contributed by atoms with Crippen LogP contribution in [0.2, 0.25) is 0 Å². The number of hydrogen-bond donors (Lipinski definition) is 0. The van der Waals surface area contributed by atoms with Crippen molar-refractivity contribution in [3.8, 4) is 62.0 Å². The summed E-state index contributed by atoms with van der Waals surface area (Å²) in [5, 5.41) is 14.8. The maximum Gasteiger partial charge on any atom is 0.416 e. The fraction of sp³-hybridized carbons (Fsp3) is 0.0678. The highest BCUT2D eigenvalue weighted by Gasteiger charge is 2.31. The van der Waals surface area contributed by atoms with E-state index in [1.54, 1.807) is 13.0 Å². The summed E-state index contributed by atoms with van der Waals surface area (Å²) in [6.07, 6.45) is -4.46. The van der Waals surface area contributed by atoms with Gasteiger partial charge in [0.25, 0.3) is 0 Å². The number of fused-ring (bicyclic) bond motifs is 6. The zero-order chi connectivity index (χ0) is 44.6. The number of aryl methyl sites for hydroxylation is 3. The molecule has 2 aromatic heterocycles. The van der Waals surface area contributed by atoms with E-state index < -0.39 is 11.7 Å². The Hall–Kier alpha value is -8.14. The number of rotatable bonds is 6. The lowest BCUT2D eigenvalue weighted by Crippen LogP contribution is -2.05. The van der Waals surface area contributed by atoms with Gasteiger partial charge >= 0.3 is 6.18 Å². The molecule has 312 valence electrons. The summed E-state index contributed by atoms with van der Waals surface area (Å²) in [4.78, 5) is 0. The number of alkyl halides is 3. The second-order valence-electron chi connectivity index (χ2n) is 17.0. The van der Waals surface area contributed by atoms with Crippen LogP contribution in [0.15, 0.2) is 188 Å². The van der Waals surface area contributed by atoms with Crippen molar-refractivity contribution < 1.29 is 13.2 Å². The Morgan fingerprint density at radius 3 is 1.43 bits per heavy atom. The first-order valence-corrected chi connectivity index (χ1v) is 21.6. The lowest BCUT2D eigenvalue weighted by Gasteiger charge is -2.20. The number of aromatic nitrogens is 2. The molecule has 0 aliphatic heterocycles. The summed E-state index contributed by atoms with van der Waals surface area (Å²) in [6, 6.07) is 65.4. The number of para-hydroxylation sites is 2. The molecule has 65 heavy (non-hydrogen) atoms. The van der Waals surface area contributed by atoms with E-state index in [-0.39, 0.29) is 0 Å².